The zero-order chi connectivity index (χ0) is 18.1. The van der Waals surface area contributed by atoms with Gasteiger partial charge in [0.05, 0.1) is 22.5 Å². The van der Waals surface area contributed by atoms with Gasteiger partial charge in [-0.15, -0.1) is 0 Å². The average Bonchev–Trinajstić information content (AvgIpc) is 2.49. The van der Waals surface area contributed by atoms with E-state index in [0.29, 0.717) is 5.69 Å². The Labute approximate surface area is 147 Å². The van der Waals surface area contributed by atoms with E-state index in [-0.39, 0.29) is 16.5 Å². The summed E-state index contributed by atoms with van der Waals surface area (Å²) in [6.45, 7) is 3.82. The van der Waals surface area contributed by atoms with Crippen LogP contribution in [-0.4, -0.2) is 27.6 Å². The molecule has 1 N–H and O–H groups in total. The third-order valence-corrected chi connectivity index (χ3v) is 5.30. The Kier molecular flexibility index (Phi) is 5.20. The quantitative estimate of drug-likeness (QED) is 0.898. The van der Waals surface area contributed by atoms with Crippen molar-refractivity contribution in [3.8, 4) is 0 Å². The smallest absolute Gasteiger partial charge is 0.257 e. The van der Waals surface area contributed by atoms with E-state index in [1.165, 1.54) is 19.2 Å². The fraction of sp³-hybridized carbons (Fsp3) is 0.235. The number of aryl methyl sites for hydroxylation is 2. The van der Waals surface area contributed by atoms with E-state index < -0.39 is 10.0 Å². The van der Waals surface area contributed by atoms with E-state index in [4.69, 9.17) is 11.6 Å². The molecule has 0 radical (unpaired) electrons. The van der Waals surface area contributed by atoms with Crippen molar-refractivity contribution in [1.29, 1.82) is 0 Å². The van der Waals surface area contributed by atoms with Crippen LogP contribution in [0.25, 0.3) is 0 Å². The first-order valence-electron chi connectivity index (χ1n) is 7.22. The molecule has 0 saturated heterocycles. The Hall–Kier alpha value is -2.05. The van der Waals surface area contributed by atoms with Crippen molar-refractivity contribution in [2.24, 2.45) is 0 Å². The Bertz CT molecular complexity index is 874. The van der Waals surface area contributed by atoms with Gasteiger partial charge in [0.2, 0.25) is 10.0 Å². The number of benzene rings is 2. The lowest BCUT2D eigenvalue weighted by atomic mass is 10.1. The molecule has 0 atom stereocenters. The number of hydrogen-bond donors (Lipinski definition) is 1. The van der Waals surface area contributed by atoms with Gasteiger partial charge in [0.15, 0.2) is 0 Å². The van der Waals surface area contributed by atoms with Crippen LogP contribution in [0, 0.1) is 13.8 Å². The predicted octanol–water partition coefficient (Wildman–Crippen LogP) is 3.60. The topological polar surface area (TPSA) is 66.5 Å². The molecule has 0 aliphatic carbocycles. The Morgan fingerprint density at radius 3 is 2.21 bits per heavy atom. The number of carbonyl (C=O) groups excluding carboxylic acids is 1. The number of amides is 1. The molecule has 7 heteroatoms. The third kappa shape index (κ3) is 3.88. The van der Waals surface area contributed by atoms with Crippen molar-refractivity contribution in [2.45, 2.75) is 13.8 Å². The lowest BCUT2D eigenvalue weighted by Gasteiger charge is -2.18. The molecule has 0 bridgehead atoms. The standard InChI is InChI=1S/C17H19ClN2O3S/c1-11-6-5-7-12(2)16(11)19-17(21)14-9-8-13(10-15(14)18)20(3)24(4,22)23/h5-10H,1-4H3,(H,19,21). The summed E-state index contributed by atoms with van der Waals surface area (Å²) in [5.41, 5.74) is 3.33. The molecule has 2 rings (SSSR count). The van der Waals surface area contributed by atoms with Gasteiger partial charge in [-0.05, 0) is 43.2 Å². The molecular weight excluding hydrogens is 348 g/mol. The molecule has 128 valence electrons. The van der Waals surface area contributed by atoms with Gasteiger partial charge in [0.1, 0.15) is 0 Å². The molecule has 2 aromatic carbocycles. The lowest BCUT2D eigenvalue weighted by Crippen LogP contribution is -2.25. The first-order valence-corrected chi connectivity index (χ1v) is 9.45. The summed E-state index contributed by atoms with van der Waals surface area (Å²) in [5.74, 6) is -0.342. The monoisotopic (exact) mass is 366 g/mol. The van der Waals surface area contributed by atoms with Crippen molar-refractivity contribution < 1.29 is 13.2 Å². The SMILES string of the molecule is Cc1cccc(C)c1NC(=O)c1ccc(N(C)S(C)(=O)=O)cc1Cl. The van der Waals surface area contributed by atoms with E-state index >= 15 is 0 Å². The minimum absolute atomic E-state index is 0.187. The van der Waals surface area contributed by atoms with E-state index in [1.54, 1.807) is 6.07 Å². The van der Waals surface area contributed by atoms with Crippen molar-refractivity contribution in [1.82, 2.24) is 0 Å². The highest BCUT2D eigenvalue weighted by Crippen LogP contribution is 2.26. The van der Waals surface area contributed by atoms with E-state index in [9.17, 15) is 13.2 Å². The van der Waals surface area contributed by atoms with Crippen LogP contribution in [0.5, 0.6) is 0 Å². The van der Waals surface area contributed by atoms with Gasteiger partial charge in [-0.3, -0.25) is 9.10 Å². The van der Waals surface area contributed by atoms with E-state index in [0.717, 1.165) is 27.4 Å². The minimum atomic E-state index is -3.39. The second-order valence-corrected chi connectivity index (χ2v) is 8.04. The Balaban J connectivity index is 2.31. The second-order valence-electron chi connectivity index (χ2n) is 5.62. The molecule has 24 heavy (non-hydrogen) atoms. The molecule has 2 aromatic rings. The Morgan fingerprint density at radius 1 is 1.12 bits per heavy atom. The minimum Gasteiger partial charge on any atom is -0.321 e. The molecule has 0 saturated carbocycles. The van der Waals surface area contributed by atoms with Crippen molar-refractivity contribution in [3.63, 3.8) is 0 Å². The van der Waals surface area contributed by atoms with Gasteiger partial charge in [0, 0.05) is 12.7 Å². The van der Waals surface area contributed by atoms with Crippen molar-refractivity contribution in [2.75, 3.05) is 22.9 Å². The van der Waals surface area contributed by atoms with Crippen molar-refractivity contribution >= 4 is 38.9 Å². The summed E-state index contributed by atoms with van der Waals surface area (Å²) < 4.78 is 24.3. The van der Waals surface area contributed by atoms with Crippen LogP contribution >= 0.6 is 11.6 Å². The van der Waals surface area contributed by atoms with E-state index in [1.807, 2.05) is 32.0 Å². The molecule has 0 fully saturated rings. The molecule has 0 aromatic heterocycles. The third-order valence-electron chi connectivity index (χ3n) is 3.78. The highest BCUT2D eigenvalue weighted by molar-refractivity contribution is 7.92. The maximum Gasteiger partial charge on any atom is 0.257 e. The maximum atomic E-state index is 12.5. The number of halogens is 1. The lowest BCUT2D eigenvalue weighted by molar-refractivity contribution is 0.102. The molecule has 0 aliphatic heterocycles. The fourth-order valence-corrected chi connectivity index (χ4v) is 3.03. The summed E-state index contributed by atoms with van der Waals surface area (Å²) in [7, 11) is -1.96. The normalized spacial score (nSPS) is 11.2. The number of nitrogens with one attached hydrogen (secondary N) is 1. The van der Waals surface area contributed by atoms with Crippen LogP contribution in [0.4, 0.5) is 11.4 Å². The van der Waals surface area contributed by atoms with Gasteiger partial charge < -0.3 is 5.32 Å². The highest BCUT2D eigenvalue weighted by atomic mass is 35.5. The number of sulfonamides is 1. The van der Waals surface area contributed by atoms with Gasteiger partial charge in [0.25, 0.3) is 5.91 Å². The van der Waals surface area contributed by atoms with Crippen LogP contribution in [-0.2, 0) is 10.0 Å². The maximum absolute atomic E-state index is 12.5. The van der Waals surface area contributed by atoms with Crippen LogP contribution in [0.3, 0.4) is 0 Å². The molecule has 0 unspecified atom stereocenters. The van der Waals surface area contributed by atoms with Crippen LogP contribution in [0.15, 0.2) is 36.4 Å². The summed E-state index contributed by atoms with van der Waals surface area (Å²) in [5, 5.41) is 3.05. The fourth-order valence-electron chi connectivity index (χ4n) is 2.27. The molecule has 0 aliphatic rings. The number of para-hydroxylation sites is 1. The summed E-state index contributed by atoms with van der Waals surface area (Å²) in [6, 6.07) is 10.3. The van der Waals surface area contributed by atoms with Crippen LogP contribution in [0.1, 0.15) is 21.5 Å². The van der Waals surface area contributed by atoms with E-state index in [2.05, 4.69) is 5.32 Å². The van der Waals surface area contributed by atoms with Gasteiger partial charge in [-0.1, -0.05) is 29.8 Å². The number of rotatable bonds is 4. The predicted molar refractivity (Wildman–Crippen MR) is 98.6 cm³/mol. The Morgan fingerprint density at radius 2 is 1.71 bits per heavy atom. The average molecular weight is 367 g/mol. The molecular formula is C17H19ClN2O3S. The summed E-state index contributed by atoms with van der Waals surface area (Å²) >= 11 is 6.18. The summed E-state index contributed by atoms with van der Waals surface area (Å²) in [6.07, 6.45) is 1.10. The van der Waals surface area contributed by atoms with Gasteiger partial charge >= 0.3 is 0 Å². The molecule has 1 amide bonds. The first kappa shape index (κ1) is 18.3. The first-order chi connectivity index (χ1) is 11.1. The van der Waals surface area contributed by atoms with Gasteiger partial charge in [-0.25, -0.2) is 8.42 Å². The van der Waals surface area contributed by atoms with Crippen LogP contribution in [0.2, 0.25) is 5.02 Å². The van der Waals surface area contributed by atoms with Gasteiger partial charge in [-0.2, -0.15) is 0 Å². The largest absolute Gasteiger partial charge is 0.321 e. The zero-order valence-electron chi connectivity index (χ0n) is 13.9. The number of carbonyl (C=O) groups is 1. The summed E-state index contributed by atoms with van der Waals surface area (Å²) in [4.78, 5) is 12.5. The zero-order valence-corrected chi connectivity index (χ0v) is 15.5. The number of hydrogen-bond acceptors (Lipinski definition) is 3. The molecule has 5 nitrogen and oxygen atoms in total. The van der Waals surface area contributed by atoms with Crippen LogP contribution < -0.4 is 9.62 Å². The molecule has 0 spiro atoms. The number of nitrogens with zero attached hydrogens (tertiary/aromatic N) is 1. The number of anilines is 2. The van der Waals surface area contributed by atoms with Crippen molar-refractivity contribution in [3.05, 3.63) is 58.1 Å². The second kappa shape index (κ2) is 6.83. The molecule has 0 heterocycles. The highest BCUT2D eigenvalue weighted by Gasteiger charge is 2.17.